The number of amides is 1. The number of aromatic nitrogens is 1. The molecular weight excluding hydrogens is 387 g/mol. The number of benzene rings is 2. The SMILES string of the molecule is Cc1nc(-c2ccc(Cl)cc2)sc1CCNC(=O)COc1ccc(F)cc1. The van der Waals surface area contributed by atoms with Crippen molar-refractivity contribution in [2.24, 2.45) is 0 Å². The van der Waals surface area contributed by atoms with Crippen LogP contribution < -0.4 is 10.1 Å². The fourth-order valence-electron chi connectivity index (χ4n) is 2.42. The Morgan fingerprint density at radius 1 is 1.19 bits per heavy atom. The summed E-state index contributed by atoms with van der Waals surface area (Å²) in [6.07, 6.45) is 0.694. The van der Waals surface area contributed by atoms with Crippen molar-refractivity contribution in [1.82, 2.24) is 10.3 Å². The van der Waals surface area contributed by atoms with Crippen molar-refractivity contribution in [2.45, 2.75) is 13.3 Å². The lowest BCUT2D eigenvalue weighted by Crippen LogP contribution is -2.30. The number of nitrogens with zero attached hydrogens (tertiary/aromatic N) is 1. The van der Waals surface area contributed by atoms with E-state index < -0.39 is 0 Å². The van der Waals surface area contributed by atoms with E-state index in [0.717, 1.165) is 21.1 Å². The highest BCUT2D eigenvalue weighted by molar-refractivity contribution is 7.15. The summed E-state index contributed by atoms with van der Waals surface area (Å²) in [6.45, 7) is 2.35. The van der Waals surface area contributed by atoms with Crippen molar-refractivity contribution in [3.8, 4) is 16.3 Å². The van der Waals surface area contributed by atoms with Gasteiger partial charge in [-0.1, -0.05) is 23.7 Å². The number of carbonyl (C=O) groups is 1. The zero-order valence-electron chi connectivity index (χ0n) is 14.7. The fourth-order valence-corrected chi connectivity index (χ4v) is 3.62. The molecule has 3 aromatic rings. The molecule has 0 unspecified atom stereocenters. The van der Waals surface area contributed by atoms with Gasteiger partial charge in [0.05, 0.1) is 5.69 Å². The molecule has 0 aliphatic heterocycles. The van der Waals surface area contributed by atoms with Gasteiger partial charge >= 0.3 is 0 Å². The summed E-state index contributed by atoms with van der Waals surface area (Å²) in [5, 5.41) is 4.45. The van der Waals surface area contributed by atoms with E-state index in [4.69, 9.17) is 16.3 Å². The Bertz CT molecular complexity index is 911. The average Bonchev–Trinajstić information content (AvgIpc) is 3.02. The Hall–Kier alpha value is -2.44. The number of carbonyl (C=O) groups excluding carboxylic acids is 1. The first kappa shape index (κ1) is 19.3. The second-order valence-corrected chi connectivity index (χ2v) is 7.40. The van der Waals surface area contributed by atoms with Gasteiger partial charge in [-0.15, -0.1) is 11.3 Å². The van der Waals surface area contributed by atoms with Crippen molar-refractivity contribution in [2.75, 3.05) is 13.2 Å². The first-order valence-electron chi connectivity index (χ1n) is 8.38. The first-order valence-corrected chi connectivity index (χ1v) is 9.58. The molecule has 0 spiro atoms. The lowest BCUT2D eigenvalue weighted by atomic mass is 10.2. The maximum atomic E-state index is 12.8. The highest BCUT2D eigenvalue weighted by atomic mass is 35.5. The van der Waals surface area contributed by atoms with Crippen molar-refractivity contribution >= 4 is 28.8 Å². The fraction of sp³-hybridized carbons (Fsp3) is 0.200. The van der Waals surface area contributed by atoms with Crippen LogP contribution in [0.3, 0.4) is 0 Å². The first-order chi connectivity index (χ1) is 13.0. The summed E-state index contributed by atoms with van der Waals surface area (Å²) in [4.78, 5) is 17.6. The molecule has 0 bridgehead atoms. The van der Waals surface area contributed by atoms with Crippen LogP contribution in [0.2, 0.25) is 5.02 Å². The Kier molecular flexibility index (Phi) is 6.42. The number of hydrogen-bond acceptors (Lipinski definition) is 4. The standard InChI is InChI=1S/C20H18ClFN2O2S/c1-13-18(27-20(24-13)14-2-4-15(21)5-3-14)10-11-23-19(25)12-26-17-8-6-16(22)7-9-17/h2-9H,10-12H2,1H3,(H,23,25). The van der Waals surface area contributed by atoms with Crippen LogP contribution in [0.25, 0.3) is 10.6 Å². The van der Waals surface area contributed by atoms with Gasteiger partial charge in [-0.2, -0.15) is 0 Å². The number of halogens is 2. The molecule has 0 aliphatic carbocycles. The predicted molar refractivity (Wildman–Crippen MR) is 106 cm³/mol. The third-order valence-electron chi connectivity index (χ3n) is 3.84. The van der Waals surface area contributed by atoms with Gasteiger partial charge < -0.3 is 10.1 Å². The maximum absolute atomic E-state index is 12.8. The lowest BCUT2D eigenvalue weighted by molar-refractivity contribution is -0.123. The topological polar surface area (TPSA) is 51.2 Å². The smallest absolute Gasteiger partial charge is 0.257 e. The molecule has 140 valence electrons. The van der Waals surface area contributed by atoms with E-state index in [9.17, 15) is 9.18 Å². The Labute approximate surface area is 166 Å². The minimum Gasteiger partial charge on any atom is -0.484 e. The van der Waals surface area contributed by atoms with Gasteiger partial charge in [0.15, 0.2) is 6.61 Å². The summed E-state index contributed by atoms with van der Waals surface area (Å²) < 4.78 is 18.2. The van der Waals surface area contributed by atoms with Crippen molar-refractivity contribution in [3.05, 3.63) is 69.9 Å². The quantitative estimate of drug-likeness (QED) is 0.623. The molecule has 0 aliphatic rings. The Morgan fingerprint density at radius 3 is 2.59 bits per heavy atom. The number of hydrogen-bond donors (Lipinski definition) is 1. The predicted octanol–water partition coefficient (Wildman–Crippen LogP) is 4.65. The molecule has 1 amide bonds. The lowest BCUT2D eigenvalue weighted by Gasteiger charge is -2.07. The van der Waals surface area contributed by atoms with Gasteiger partial charge in [-0.05, 0) is 43.3 Å². The molecule has 1 aromatic heterocycles. The minimum atomic E-state index is -0.343. The molecule has 2 aromatic carbocycles. The number of nitrogens with one attached hydrogen (secondary N) is 1. The molecule has 0 fully saturated rings. The van der Waals surface area contributed by atoms with Gasteiger partial charge in [0, 0.05) is 28.4 Å². The molecule has 1 N–H and O–H groups in total. The van der Waals surface area contributed by atoms with E-state index in [1.807, 2.05) is 31.2 Å². The van der Waals surface area contributed by atoms with Crippen molar-refractivity contribution in [1.29, 1.82) is 0 Å². The largest absolute Gasteiger partial charge is 0.484 e. The van der Waals surface area contributed by atoms with E-state index in [-0.39, 0.29) is 18.3 Å². The zero-order chi connectivity index (χ0) is 19.2. The van der Waals surface area contributed by atoms with Crippen LogP contribution in [0, 0.1) is 12.7 Å². The molecule has 0 saturated heterocycles. The third kappa shape index (κ3) is 5.52. The van der Waals surface area contributed by atoms with Gasteiger partial charge in [-0.25, -0.2) is 9.37 Å². The monoisotopic (exact) mass is 404 g/mol. The number of ether oxygens (including phenoxy) is 1. The average molecular weight is 405 g/mol. The second kappa shape index (κ2) is 8.97. The van der Waals surface area contributed by atoms with E-state index in [2.05, 4.69) is 10.3 Å². The van der Waals surface area contributed by atoms with Crippen LogP contribution in [-0.4, -0.2) is 24.0 Å². The van der Waals surface area contributed by atoms with Crippen LogP contribution in [0.4, 0.5) is 4.39 Å². The van der Waals surface area contributed by atoms with Crippen molar-refractivity contribution in [3.63, 3.8) is 0 Å². The summed E-state index contributed by atoms with van der Waals surface area (Å²) in [5.41, 5.74) is 1.98. The highest BCUT2D eigenvalue weighted by Gasteiger charge is 2.10. The molecule has 0 saturated carbocycles. The molecule has 0 atom stereocenters. The van der Waals surface area contributed by atoms with Crippen LogP contribution in [0.1, 0.15) is 10.6 Å². The molecular formula is C20H18ClFN2O2S. The van der Waals surface area contributed by atoms with Gasteiger partial charge in [0.2, 0.25) is 0 Å². The molecule has 0 radical (unpaired) electrons. The molecule has 4 nitrogen and oxygen atoms in total. The molecule has 3 rings (SSSR count). The second-order valence-electron chi connectivity index (χ2n) is 5.88. The number of aryl methyl sites for hydroxylation is 1. The van der Waals surface area contributed by atoms with Gasteiger partial charge in [0.1, 0.15) is 16.6 Å². The van der Waals surface area contributed by atoms with Crippen LogP contribution >= 0.6 is 22.9 Å². The minimum absolute atomic E-state index is 0.108. The van der Waals surface area contributed by atoms with E-state index in [1.54, 1.807) is 11.3 Å². The van der Waals surface area contributed by atoms with E-state index >= 15 is 0 Å². The molecule has 27 heavy (non-hydrogen) atoms. The van der Waals surface area contributed by atoms with Gasteiger partial charge in [-0.3, -0.25) is 4.79 Å². The Balaban J connectivity index is 1.48. The van der Waals surface area contributed by atoms with Crippen LogP contribution in [-0.2, 0) is 11.2 Å². The summed E-state index contributed by atoms with van der Waals surface area (Å²) in [7, 11) is 0. The molecule has 1 heterocycles. The van der Waals surface area contributed by atoms with Crippen LogP contribution in [0.5, 0.6) is 5.75 Å². The maximum Gasteiger partial charge on any atom is 0.257 e. The molecule has 7 heteroatoms. The highest BCUT2D eigenvalue weighted by Crippen LogP contribution is 2.28. The van der Waals surface area contributed by atoms with E-state index in [1.165, 1.54) is 24.3 Å². The normalized spacial score (nSPS) is 10.6. The van der Waals surface area contributed by atoms with Gasteiger partial charge in [0.25, 0.3) is 5.91 Å². The summed E-state index contributed by atoms with van der Waals surface area (Å²) in [6, 6.07) is 13.1. The zero-order valence-corrected chi connectivity index (χ0v) is 16.2. The third-order valence-corrected chi connectivity index (χ3v) is 5.36. The number of rotatable bonds is 7. The summed E-state index contributed by atoms with van der Waals surface area (Å²) in [5.74, 6) is -0.110. The summed E-state index contributed by atoms with van der Waals surface area (Å²) >= 11 is 7.53. The van der Waals surface area contributed by atoms with E-state index in [0.29, 0.717) is 23.7 Å². The van der Waals surface area contributed by atoms with Crippen molar-refractivity contribution < 1.29 is 13.9 Å². The Morgan fingerprint density at radius 2 is 1.89 bits per heavy atom. The number of thiazole rings is 1. The van der Waals surface area contributed by atoms with Crippen LogP contribution in [0.15, 0.2) is 48.5 Å².